The smallest absolute Gasteiger partial charge is 0.414 e. The van der Waals surface area contributed by atoms with Crippen molar-refractivity contribution in [3.63, 3.8) is 0 Å². The number of ketones is 1. The largest absolute Gasteiger partial charge is 0.444 e. The lowest BCUT2D eigenvalue weighted by atomic mass is 10.0. The lowest BCUT2D eigenvalue weighted by Crippen LogP contribution is -2.24. The Bertz CT molecular complexity index is 1090. The van der Waals surface area contributed by atoms with Crippen LogP contribution in [0.25, 0.3) is 11.1 Å². The maximum absolute atomic E-state index is 14.9. The number of carbonyl (C=O) groups excluding carboxylic acids is 2. The molecule has 0 spiro atoms. The normalized spacial score (nSPS) is 15.3. The number of Topliss-reactive ketones (excluding diaryl/α,β-unsaturated/α-hetero) is 1. The van der Waals surface area contributed by atoms with Crippen molar-refractivity contribution in [1.82, 2.24) is 20.7 Å². The zero-order valence-corrected chi connectivity index (χ0v) is 17.7. The summed E-state index contributed by atoms with van der Waals surface area (Å²) >= 11 is 0. The van der Waals surface area contributed by atoms with Gasteiger partial charge in [0.2, 0.25) is 0 Å². The van der Waals surface area contributed by atoms with E-state index in [1.807, 2.05) is 24.3 Å². The molecule has 1 saturated heterocycles. The molecule has 0 aliphatic carbocycles. The van der Waals surface area contributed by atoms with Crippen molar-refractivity contribution in [2.24, 2.45) is 0 Å². The van der Waals surface area contributed by atoms with Crippen LogP contribution in [-0.2, 0) is 22.6 Å². The van der Waals surface area contributed by atoms with Crippen molar-refractivity contribution in [3.05, 3.63) is 65.7 Å². The minimum atomic E-state index is -0.520. The molecular formula is C24H28FN5O3. The number of hydrogen-bond acceptors (Lipinski definition) is 6. The van der Waals surface area contributed by atoms with Gasteiger partial charge in [0, 0.05) is 25.1 Å². The van der Waals surface area contributed by atoms with Crippen molar-refractivity contribution in [3.8, 4) is 11.1 Å². The van der Waals surface area contributed by atoms with Crippen LogP contribution < -0.4 is 10.2 Å². The van der Waals surface area contributed by atoms with Crippen molar-refractivity contribution < 1.29 is 18.7 Å². The molecule has 2 heterocycles. The van der Waals surface area contributed by atoms with Gasteiger partial charge < -0.3 is 14.8 Å². The Hall–Kier alpha value is -3.59. The quantitative estimate of drug-likeness (QED) is 0.503. The van der Waals surface area contributed by atoms with Gasteiger partial charge in [-0.2, -0.15) is 15.4 Å². The van der Waals surface area contributed by atoms with Gasteiger partial charge in [-0.3, -0.25) is 4.90 Å². The molecule has 1 aromatic heterocycles. The average Bonchev–Trinajstić information content (AvgIpc) is 3.42. The predicted octanol–water partition coefficient (Wildman–Crippen LogP) is 4.23. The number of aromatic amines is 1. The van der Waals surface area contributed by atoms with Gasteiger partial charge in [0.15, 0.2) is 0 Å². The highest BCUT2D eigenvalue weighted by atomic mass is 19.1. The number of ether oxygens (including phenoxy) is 1. The van der Waals surface area contributed by atoms with Crippen LogP contribution in [0.1, 0.15) is 38.4 Å². The molecule has 174 valence electrons. The van der Waals surface area contributed by atoms with Crippen molar-refractivity contribution >= 4 is 17.6 Å². The lowest BCUT2D eigenvalue weighted by Gasteiger charge is -2.14. The second-order valence-corrected chi connectivity index (χ2v) is 7.78. The molecule has 0 unspecified atom stereocenters. The van der Waals surface area contributed by atoms with Crippen molar-refractivity contribution in [2.45, 2.75) is 46.4 Å². The van der Waals surface area contributed by atoms with Crippen molar-refractivity contribution in [1.29, 1.82) is 0 Å². The number of halogens is 1. The highest BCUT2D eigenvalue weighted by Crippen LogP contribution is 2.30. The molecule has 0 radical (unpaired) electrons. The van der Waals surface area contributed by atoms with E-state index in [1.54, 1.807) is 18.3 Å². The number of carbonyl (C=O) groups is 2. The summed E-state index contributed by atoms with van der Waals surface area (Å²) in [5, 5.41) is 13.6. The van der Waals surface area contributed by atoms with Gasteiger partial charge in [0.1, 0.15) is 17.7 Å². The number of benzene rings is 2. The number of cyclic esters (lactones) is 1. The van der Waals surface area contributed by atoms with Crippen molar-refractivity contribution in [2.75, 3.05) is 11.4 Å². The summed E-state index contributed by atoms with van der Waals surface area (Å²) in [5.41, 5.74) is 3.53. The Labute approximate surface area is 192 Å². The number of hydrogen-bond donors (Lipinski definition) is 2. The van der Waals surface area contributed by atoms with E-state index in [4.69, 9.17) is 4.74 Å². The van der Waals surface area contributed by atoms with Gasteiger partial charge in [0.05, 0.1) is 24.1 Å². The van der Waals surface area contributed by atoms with E-state index < -0.39 is 11.9 Å². The van der Waals surface area contributed by atoms with E-state index in [0.717, 1.165) is 16.8 Å². The SMILES string of the molecule is C.CC(=O)CC[C@H]1CN(c2ccc(-c3ccc(CNCc4cn[nH]n4)cc3)c(F)c2)C(=O)O1. The molecule has 8 nitrogen and oxygen atoms in total. The second kappa shape index (κ2) is 10.8. The Balaban J connectivity index is 0.00000306. The van der Waals surface area contributed by atoms with E-state index in [1.165, 1.54) is 17.9 Å². The maximum Gasteiger partial charge on any atom is 0.414 e. The van der Waals surface area contributed by atoms with Crippen LogP contribution in [0.4, 0.5) is 14.9 Å². The average molecular weight is 454 g/mol. The summed E-state index contributed by atoms with van der Waals surface area (Å²) in [6, 6.07) is 12.3. The molecule has 33 heavy (non-hydrogen) atoms. The third-order valence-corrected chi connectivity index (χ3v) is 5.32. The van der Waals surface area contributed by atoms with Crippen LogP contribution in [0.15, 0.2) is 48.7 Å². The first-order valence-electron chi connectivity index (χ1n) is 10.4. The molecular weight excluding hydrogens is 425 g/mol. The fraction of sp³-hybridized carbons (Fsp3) is 0.333. The first-order valence-corrected chi connectivity index (χ1v) is 10.4. The first kappa shape index (κ1) is 24.1. The maximum atomic E-state index is 14.9. The summed E-state index contributed by atoms with van der Waals surface area (Å²) < 4.78 is 20.2. The van der Waals surface area contributed by atoms with Gasteiger partial charge in [-0.25, -0.2) is 9.18 Å². The molecule has 1 fully saturated rings. The Morgan fingerprint density at radius 1 is 1.24 bits per heavy atom. The van der Waals surface area contributed by atoms with E-state index in [0.29, 0.717) is 43.7 Å². The van der Waals surface area contributed by atoms with Gasteiger partial charge in [-0.1, -0.05) is 31.7 Å². The number of amides is 1. The number of rotatable bonds is 9. The topological polar surface area (TPSA) is 100 Å². The third-order valence-electron chi connectivity index (χ3n) is 5.32. The monoisotopic (exact) mass is 453 g/mol. The van der Waals surface area contributed by atoms with Gasteiger partial charge in [-0.05, 0) is 42.7 Å². The molecule has 2 N–H and O–H groups in total. The molecule has 1 atom stereocenters. The highest BCUT2D eigenvalue weighted by Gasteiger charge is 2.32. The summed E-state index contributed by atoms with van der Waals surface area (Å²) in [5.74, 6) is -0.369. The van der Waals surface area contributed by atoms with Crippen LogP contribution in [0.5, 0.6) is 0 Å². The third kappa shape index (κ3) is 6.01. The molecule has 1 aliphatic rings. The first-order chi connectivity index (χ1) is 15.5. The van der Waals surface area contributed by atoms with Gasteiger partial charge >= 0.3 is 6.09 Å². The molecule has 3 aromatic rings. The summed E-state index contributed by atoms with van der Waals surface area (Å²) in [6.45, 7) is 3.06. The number of nitrogens with one attached hydrogen (secondary N) is 2. The Morgan fingerprint density at radius 2 is 2.03 bits per heavy atom. The molecule has 2 aromatic carbocycles. The minimum Gasteiger partial charge on any atom is -0.444 e. The molecule has 1 amide bonds. The fourth-order valence-electron chi connectivity index (χ4n) is 3.60. The summed E-state index contributed by atoms with van der Waals surface area (Å²) in [7, 11) is 0. The number of H-pyrrole nitrogens is 1. The lowest BCUT2D eigenvalue weighted by molar-refractivity contribution is -0.117. The van der Waals surface area contributed by atoms with E-state index in [9.17, 15) is 14.0 Å². The van der Waals surface area contributed by atoms with Crippen LogP contribution in [-0.4, -0.2) is 39.9 Å². The fourth-order valence-corrected chi connectivity index (χ4v) is 3.60. The van der Waals surface area contributed by atoms with E-state index >= 15 is 0 Å². The van der Waals surface area contributed by atoms with Crippen LogP contribution in [0, 0.1) is 5.82 Å². The Kier molecular flexibility index (Phi) is 7.89. The van der Waals surface area contributed by atoms with Crippen LogP contribution in [0.2, 0.25) is 0 Å². The van der Waals surface area contributed by atoms with Crippen LogP contribution >= 0.6 is 0 Å². The van der Waals surface area contributed by atoms with Crippen LogP contribution in [0.3, 0.4) is 0 Å². The molecule has 1 aliphatic heterocycles. The molecule has 0 saturated carbocycles. The standard InChI is InChI=1S/C23H24FN5O3.CH4/c1-15(30)2-8-20-14-29(23(31)32-20)19-7-9-21(22(24)10-19)17-5-3-16(4-6-17)11-25-12-18-13-26-28-27-18;/h3-7,9-10,13,20,25H,2,8,11-12,14H2,1H3,(H,26,27,28);1H4/t20-;/m0./s1. The second-order valence-electron chi connectivity index (χ2n) is 7.78. The molecule has 4 rings (SSSR count). The predicted molar refractivity (Wildman–Crippen MR) is 123 cm³/mol. The number of nitrogens with zero attached hydrogens (tertiary/aromatic N) is 3. The summed E-state index contributed by atoms with van der Waals surface area (Å²) in [4.78, 5) is 24.7. The Morgan fingerprint density at radius 3 is 2.70 bits per heavy atom. The number of aromatic nitrogens is 3. The minimum absolute atomic E-state index is 0. The molecule has 0 bridgehead atoms. The van der Waals surface area contributed by atoms with Gasteiger partial charge in [0.25, 0.3) is 0 Å². The number of anilines is 1. The van der Waals surface area contributed by atoms with E-state index in [2.05, 4.69) is 20.7 Å². The zero-order chi connectivity index (χ0) is 22.5. The molecule has 9 heteroatoms. The zero-order valence-electron chi connectivity index (χ0n) is 17.7. The van der Waals surface area contributed by atoms with E-state index in [-0.39, 0.29) is 19.3 Å². The van der Waals surface area contributed by atoms with Gasteiger partial charge in [-0.15, -0.1) is 0 Å². The summed E-state index contributed by atoms with van der Waals surface area (Å²) in [6.07, 6.45) is 1.60. The highest BCUT2D eigenvalue weighted by molar-refractivity contribution is 5.90.